The average Bonchev–Trinajstić information content (AvgIpc) is 2.50. The van der Waals surface area contributed by atoms with Gasteiger partial charge in [0.1, 0.15) is 0 Å². The summed E-state index contributed by atoms with van der Waals surface area (Å²) in [5.74, 6) is 0.0142. The van der Waals surface area contributed by atoms with E-state index in [1.165, 1.54) is 0 Å². The molecule has 21 heavy (non-hydrogen) atoms. The third-order valence-electron chi connectivity index (χ3n) is 3.98. The van der Waals surface area contributed by atoms with Crippen molar-refractivity contribution in [3.63, 3.8) is 0 Å². The van der Waals surface area contributed by atoms with E-state index in [0.717, 1.165) is 23.5 Å². The molecule has 0 aliphatic carbocycles. The van der Waals surface area contributed by atoms with Crippen molar-refractivity contribution in [2.45, 2.75) is 6.92 Å². The summed E-state index contributed by atoms with van der Waals surface area (Å²) in [6, 6.07) is 13.5. The average molecular weight is 281 g/mol. The van der Waals surface area contributed by atoms with Crippen molar-refractivity contribution < 1.29 is 4.79 Å². The van der Waals surface area contributed by atoms with Crippen LogP contribution in [0.25, 0.3) is 0 Å². The van der Waals surface area contributed by atoms with Gasteiger partial charge in [0.05, 0.1) is 11.4 Å². The molecule has 2 aromatic carbocycles. The van der Waals surface area contributed by atoms with E-state index in [1.54, 1.807) is 6.07 Å². The Kier molecular flexibility index (Phi) is 3.29. The number of amides is 1. The van der Waals surface area contributed by atoms with Gasteiger partial charge in [-0.1, -0.05) is 18.2 Å². The summed E-state index contributed by atoms with van der Waals surface area (Å²) < 4.78 is 0. The summed E-state index contributed by atoms with van der Waals surface area (Å²) in [4.78, 5) is 16.9. The zero-order valence-electron chi connectivity index (χ0n) is 12.3. The fourth-order valence-electron chi connectivity index (χ4n) is 2.73. The van der Waals surface area contributed by atoms with E-state index in [0.29, 0.717) is 17.8 Å². The molecule has 0 bridgehead atoms. The van der Waals surface area contributed by atoms with Crippen LogP contribution in [0.5, 0.6) is 0 Å². The number of likely N-dealkylation sites (N-methyl/N-ethyl adjacent to an activating group) is 1. The highest BCUT2D eigenvalue weighted by Gasteiger charge is 2.26. The number of carbonyl (C=O) groups excluding carboxylic acids is 1. The van der Waals surface area contributed by atoms with Crippen LogP contribution < -0.4 is 15.5 Å². The second-order valence-electron chi connectivity index (χ2n) is 5.44. The third kappa shape index (κ3) is 2.33. The van der Waals surface area contributed by atoms with Crippen LogP contribution in [0.3, 0.4) is 0 Å². The van der Waals surface area contributed by atoms with Crippen molar-refractivity contribution in [2.24, 2.45) is 0 Å². The first kappa shape index (κ1) is 13.5. The number of benzene rings is 2. The Morgan fingerprint density at radius 2 is 1.81 bits per heavy atom. The number of anilines is 3. The normalized spacial score (nSPS) is 14.0. The van der Waals surface area contributed by atoms with Gasteiger partial charge in [0, 0.05) is 31.4 Å². The molecule has 0 radical (unpaired) electrons. The number of aryl methyl sites for hydroxylation is 1. The Morgan fingerprint density at radius 3 is 2.57 bits per heavy atom. The Balaban J connectivity index is 2.03. The lowest BCUT2D eigenvalue weighted by Crippen LogP contribution is -2.42. The molecular weight excluding hydrogens is 262 g/mol. The monoisotopic (exact) mass is 281 g/mol. The van der Waals surface area contributed by atoms with Crippen molar-refractivity contribution in [3.05, 3.63) is 53.6 Å². The standard InChI is InChI=1S/C17H19N3O/c1-12-7-8-13(18)11-14(12)17(21)20-10-9-19(2)15-5-3-4-6-16(15)20/h3-8,11H,9-10,18H2,1-2H3. The molecule has 0 fully saturated rings. The predicted octanol–water partition coefficient (Wildman–Crippen LogP) is 2.67. The third-order valence-corrected chi connectivity index (χ3v) is 3.98. The van der Waals surface area contributed by atoms with Gasteiger partial charge in [0.25, 0.3) is 5.91 Å². The lowest BCUT2D eigenvalue weighted by atomic mass is 10.0. The smallest absolute Gasteiger partial charge is 0.258 e. The SMILES string of the molecule is Cc1ccc(N)cc1C(=O)N1CCN(C)c2ccccc21. The fourth-order valence-corrected chi connectivity index (χ4v) is 2.73. The van der Waals surface area contributed by atoms with Crippen molar-refractivity contribution in [1.82, 2.24) is 0 Å². The minimum atomic E-state index is 0.0142. The molecule has 0 spiro atoms. The maximum Gasteiger partial charge on any atom is 0.258 e. The Morgan fingerprint density at radius 1 is 1.10 bits per heavy atom. The minimum absolute atomic E-state index is 0.0142. The topological polar surface area (TPSA) is 49.6 Å². The fraction of sp³-hybridized carbons (Fsp3) is 0.235. The molecule has 4 nitrogen and oxygen atoms in total. The summed E-state index contributed by atoms with van der Waals surface area (Å²) >= 11 is 0. The van der Waals surface area contributed by atoms with Gasteiger partial charge in [-0.05, 0) is 36.8 Å². The van der Waals surface area contributed by atoms with Gasteiger partial charge >= 0.3 is 0 Å². The number of nitrogen functional groups attached to an aromatic ring is 1. The van der Waals surface area contributed by atoms with Crippen molar-refractivity contribution in [1.29, 1.82) is 0 Å². The summed E-state index contributed by atoms with van der Waals surface area (Å²) in [7, 11) is 2.05. The Hall–Kier alpha value is -2.49. The highest BCUT2D eigenvalue weighted by molar-refractivity contribution is 6.09. The molecule has 0 unspecified atom stereocenters. The summed E-state index contributed by atoms with van der Waals surface area (Å²) in [6.07, 6.45) is 0. The number of rotatable bonds is 1. The number of carbonyl (C=O) groups is 1. The van der Waals surface area contributed by atoms with Crippen LogP contribution in [0.15, 0.2) is 42.5 Å². The van der Waals surface area contributed by atoms with Crippen molar-refractivity contribution in [3.8, 4) is 0 Å². The zero-order chi connectivity index (χ0) is 15.0. The Labute approximate surface area is 124 Å². The van der Waals surface area contributed by atoms with E-state index >= 15 is 0 Å². The first-order valence-electron chi connectivity index (χ1n) is 7.06. The lowest BCUT2D eigenvalue weighted by molar-refractivity contribution is 0.0986. The summed E-state index contributed by atoms with van der Waals surface area (Å²) in [5.41, 5.74) is 10.1. The quantitative estimate of drug-likeness (QED) is 0.818. The highest BCUT2D eigenvalue weighted by Crippen LogP contribution is 2.33. The van der Waals surface area contributed by atoms with Gasteiger partial charge in [-0.25, -0.2) is 0 Å². The molecule has 3 rings (SSSR count). The molecule has 1 heterocycles. The van der Waals surface area contributed by atoms with E-state index in [4.69, 9.17) is 5.73 Å². The largest absolute Gasteiger partial charge is 0.399 e. The Bertz CT molecular complexity index is 696. The van der Waals surface area contributed by atoms with Crippen LogP contribution in [-0.4, -0.2) is 26.0 Å². The number of hydrogen-bond acceptors (Lipinski definition) is 3. The molecule has 0 aromatic heterocycles. The van der Waals surface area contributed by atoms with Crippen LogP contribution in [0.2, 0.25) is 0 Å². The maximum atomic E-state index is 12.9. The van der Waals surface area contributed by atoms with Gasteiger partial charge in [-0.2, -0.15) is 0 Å². The maximum absolute atomic E-state index is 12.9. The van der Waals surface area contributed by atoms with Crippen LogP contribution in [-0.2, 0) is 0 Å². The number of para-hydroxylation sites is 2. The van der Waals surface area contributed by atoms with Crippen molar-refractivity contribution >= 4 is 23.0 Å². The molecule has 0 saturated carbocycles. The summed E-state index contributed by atoms with van der Waals surface area (Å²) in [5, 5.41) is 0. The van der Waals surface area contributed by atoms with Gasteiger partial charge in [-0.3, -0.25) is 4.79 Å². The molecule has 4 heteroatoms. The van der Waals surface area contributed by atoms with Crippen LogP contribution in [0.1, 0.15) is 15.9 Å². The predicted molar refractivity (Wildman–Crippen MR) is 87.0 cm³/mol. The molecule has 1 aliphatic rings. The van der Waals surface area contributed by atoms with E-state index in [9.17, 15) is 4.79 Å². The molecule has 1 aliphatic heterocycles. The van der Waals surface area contributed by atoms with Crippen LogP contribution >= 0.6 is 0 Å². The first-order valence-corrected chi connectivity index (χ1v) is 7.06. The molecule has 0 saturated heterocycles. The number of fused-ring (bicyclic) bond motifs is 1. The number of hydrogen-bond donors (Lipinski definition) is 1. The van der Waals surface area contributed by atoms with Crippen LogP contribution in [0, 0.1) is 6.92 Å². The van der Waals surface area contributed by atoms with E-state index in [1.807, 2.05) is 55.3 Å². The minimum Gasteiger partial charge on any atom is -0.399 e. The van der Waals surface area contributed by atoms with Crippen molar-refractivity contribution in [2.75, 3.05) is 35.7 Å². The molecule has 2 N–H and O–H groups in total. The lowest BCUT2D eigenvalue weighted by Gasteiger charge is -2.35. The van der Waals surface area contributed by atoms with Gasteiger partial charge < -0.3 is 15.5 Å². The van der Waals surface area contributed by atoms with E-state index in [2.05, 4.69) is 4.90 Å². The molecule has 2 aromatic rings. The molecule has 1 amide bonds. The second-order valence-corrected chi connectivity index (χ2v) is 5.44. The first-order chi connectivity index (χ1) is 10.1. The number of nitrogens with two attached hydrogens (primary N) is 1. The van der Waals surface area contributed by atoms with Gasteiger partial charge in [0.2, 0.25) is 0 Å². The zero-order valence-corrected chi connectivity index (χ0v) is 12.3. The molecule has 108 valence electrons. The van der Waals surface area contributed by atoms with Gasteiger partial charge in [0.15, 0.2) is 0 Å². The highest BCUT2D eigenvalue weighted by atomic mass is 16.2. The second kappa shape index (κ2) is 5.13. The van der Waals surface area contributed by atoms with E-state index in [-0.39, 0.29) is 5.91 Å². The van der Waals surface area contributed by atoms with Crippen LogP contribution in [0.4, 0.5) is 17.1 Å². The summed E-state index contributed by atoms with van der Waals surface area (Å²) in [6.45, 7) is 3.44. The molecular formula is C17H19N3O. The number of nitrogens with zero attached hydrogens (tertiary/aromatic N) is 2. The van der Waals surface area contributed by atoms with Gasteiger partial charge in [-0.15, -0.1) is 0 Å². The molecule has 0 atom stereocenters. The van der Waals surface area contributed by atoms with E-state index < -0.39 is 0 Å².